The number of hydrogen-bond acceptors (Lipinski definition) is 2. The maximum Gasteiger partial charge on any atom is 0.110 e. The number of rotatable bonds is 7. The summed E-state index contributed by atoms with van der Waals surface area (Å²) in [5, 5.41) is 3.59. The Morgan fingerprint density at radius 3 is 2.61 bits per heavy atom. The fourth-order valence-electron chi connectivity index (χ4n) is 2.21. The van der Waals surface area contributed by atoms with E-state index in [0.29, 0.717) is 11.5 Å². The molecular formula is C15H29N3. The van der Waals surface area contributed by atoms with Crippen LogP contribution in [0.4, 0.5) is 0 Å². The molecule has 0 radical (unpaired) electrons. The number of nitrogens with zero attached hydrogens (tertiary/aromatic N) is 2. The van der Waals surface area contributed by atoms with Crippen molar-refractivity contribution in [1.82, 2.24) is 14.9 Å². The zero-order chi connectivity index (χ0) is 13.6. The SMILES string of the molecule is CCNC(CCC(C)(C)C)Cc1nccn1CC. The molecular weight excluding hydrogens is 222 g/mol. The Kier molecular flexibility index (Phi) is 5.86. The van der Waals surface area contributed by atoms with Gasteiger partial charge in [-0.25, -0.2) is 4.98 Å². The molecule has 0 bridgehead atoms. The van der Waals surface area contributed by atoms with Crippen molar-refractivity contribution in [2.24, 2.45) is 5.41 Å². The van der Waals surface area contributed by atoms with Crippen LogP contribution in [0.25, 0.3) is 0 Å². The first-order valence-electron chi connectivity index (χ1n) is 7.19. The van der Waals surface area contributed by atoms with Crippen LogP contribution in [0.3, 0.4) is 0 Å². The second kappa shape index (κ2) is 6.93. The third-order valence-corrected chi connectivity index (χ3v) is 3.31. The highest BCUT2D eigenvalue weighted by Gasteiger charge is 2.16. The Morgan fingerprint density at radius 2 is 2.06 bits per heavy atom. The Morgan fingerprint density at radius 1 is 1.33 bits per heavy atom. The van der Waals surface area contributed by atoms with Crippen molar-refractivity contribution in [1.29, 1.82) is 0 Å². The highest BCUT2D eigenvalue weighted by atomic mass is 15.1. The van der Waals surface area contributed by atoms with Gasteiger partial charge in [-0.2, -0.15) is 0 Å². The van der Waals surface area contributed by atoms with E-state index in [2.05, 4.69) is 55.7 Å². The van der Waals surface area contributed by atoms with E-state index in [0.717, 1.165) is 19.5 Å². The molecule has 1 heterocycles. The van der Waals surface area contributed by atoms with E-state index in [4.69, 9.17) is 0 Å². The van der Waals surface area contributed by atoms with Crippen LogP contribution < -0.4 is 5.32 Å². The Balaban J connectivity index is 2.57. The molecule has 0 saturated heterocycles. The largest absolute Gasteiger partial charge is 0.335 e. The summed E-state index contributed by atoms with van der Waals surface area (Å²) in [6.07, 6.45) is 7.48. The normalized spacial score (nSPS) is 13.8. The van der Waals surface area contributed by atoms with Crippen molar-refractivity contribution in [2.45, 2.75) is 66.5 Å². The quantitative estimate of drug-likeness (QED) is 0.806. The van der Waals surface area contributed by atoms with E-state index in [1.807, 2.05) is 6.20 Å². The van der Waals surface area contributed by atoms with Crippen LogP contribution in [0.15, 0.2) is 12.4 Å². The summed E-state index contributed by atoms with van der Waals surface area (Å²) < 4.78 is 2.24. The van der Waals surface area contributed by atoms with Gasteiger partial charge >= 0.3 is 0 Å². The van der Waals surface area contributed by atoms with Gasteiger partial charge in [0.2, 0.25) is 0 Å². The minimum Gasteiger partial charge on any atom is -0.335 e. The van der Waals surface area contributed by atoms with E-state index < -0.39 is 0 Å². The van der Waals surface area contributed by atoms with Crippen LogP contribution in [0, 0.1) is 5.41 Å². The predicted octanol–water partition coefficient (Wildman–Crippen LogP) is 3.25. The standard InChI is InChI=1S/C15H29N3/c1-6-16-13(8-9-15(3,4)5)12-14-17-10-11-18(14)7-2/h10-11,13,16H,6-9,12H2,1-5H3. The second-order valence-corrected chi connectivity index (χ2v) is 6.19. The van der Waals surface area contributed by atoms with Crippen molar-refractivity contribution in [2.75, 3.05) is 6.54 Å². The van der Waals surface area contributed by atoms with E-state index in [-0.39, 0.29) is 0 Å². The monoisotopic (exact) mass is 251 g/mol. The Hall–Kier alpha value is -0.830. The molecule has 1 rings (SSSR count). The van der Waals surface area contributed by atoms with Gasteiger partial charge in [-0.15, -0.1) is 0 Å². The zero-order valence-corrected chi connectivity index (χ0v) is 12.7. The van der Waals surface area contributed by atoms with Crippen LogP contribution in [0.1, 0.15) is 53.3 Å². The molecule has 104 valence electrons. The lowest BCUT2D eigenvalue weighted by Gasteiger charge is -2.23. The van der Waals surface area contributed by atoms with Crippen LogP contribution in [0.5, 0.6) is 0 Å². The average molecular weight is 251 g/mol. The van der Waals surface area contributed by atoms with Crippen LogP contribution in [-0.2, 0) is 13.0 Å². The van der Waals surface area contributed by atoms with Gasteiger partial charge in [0.25, 0.3) is 0 Å². The number of imidazole rings is 1. The molecule has 18 heavy (non-hydrogen) atoms. The molecule has 0 amide bonds. The number of aromatic nitrogens is 2. The van der Waals surface area contributed by atoms with Crippen molar-refractivity contribution in [3.05, 3.63) is 18.2 Å². The van der Waals surface area contributed by atoms with Crippen molar-refractivity contribution < 1.29 is 0 Å². The third-order valence-electron chi connectivity index (χ3n) is 3.31. The van der Waals surface area contributed by atoms with Crippen LogP contribution >= 0.6 is 0 Å². The maximum atomic E-state index is 4.48. The Bertz CT molecular complexity index is 336. The first-order chi connectivity index (χ1) is 8.46. The summed E-state index contributed by atoms with van der Waals surface area (Å²) >= 11 is 0. The summed E-state index contributed by atoms with van der Waals surface area (Å²) in [6.45, 7) is 13.3. The van der Waals surface area contributed by atoms with Gasteiger partial charge < -0.3 is 9.88 Å². The maximum absolute atomic E-state index is 4.48. The minimum atomic E-state index is 0.411. The molecule has 0 aliphatic carbocycles. The molecule has 0 fully saturated rings. The topological polar surface area (TPSA) is 29.9 Å². The van der Waals surface area contributed by atoms with Gasteiger partial charge in [0.1, 0.15) is 5.82 Å². The fourth-order valence-corrected chi connectivity index (χ4v) is 2.21. The average Bonchev–Trinajstić information content (AvgIpc) is 2.72. The molecule has 1 unspecified atom stereocenters. The summed E-state index contributed by atoms with van der Waals surface area (Å²) in [6, 6.07) is 0.543. The third kappa shape index (κ3) is 5.21. The number of likely N-dealkylation sites (N-methyl/N-ethyl adjacent to an activating group) is 1. The molecule has 1 atom stereocenters. The summed E-state index contributed by atoms with van der Waals surface area (Å²) in [5.74, 6) is 1.21. The summed E-state index contributed by atoms with van der Waals surface area (Å²) in [5.41, 5.74) is 0.411. The highest BCUT2D eigenvalue weighted by molar-refractivity contribution is 4.95. The van der Waals surface area contributed by atoms with Crippen molar-refractivity contribution in [3.8, 4) is 0 Å². The number of aryl methyl sites for hydroxylation is 1. The summed E-state index contributed by atoms with van der Waals surface area (Å²) in [4.78, 5) is 4.48. The molecule has 3 nitrogen and oxygen atoms in total. The minimum absolute atomic E-state index is 0.411. The van der Waals surface area contributed by atoms with E-state index in [1.165, 1.54) is 18.7 Å². The smallest absolute Gasteiger partial charge is 0.110 e. The van der Waals surface area contributed by atoms with E-state index in [9.17, 15) is 0 Å². The van der Waals surface area contributed by atoms with Gasteiger partial charge in [0.15, 0.2) is 0 Å². The van der Waals surface area contributed by atoms with Gasteiger partial charge in [0, 0.05) is 31.4 Å². The summed E-state index contributed by atoms with van der Waals surface area (Å²) in [7, 11) is 0. The van der Waals surface area contributed by atoms with Gasteiger partial charge in [-0.05, 0) is 31.7 Å². The van der Waals surface area contributed by atoms with Gasteiger partial charge in [-0.3, -0.25) is 0 Å². The van der Waals surface area contributed by atoms with Gasteiger partial charge in [0.05, 0.1) is 0 Å². The highest BCUT2D eigenvalue weighted by Crippen LogP contribution is 2.22. The van der Waals surface area contributed by atoms with Crippen molar-refractivity contribution in [3.63, 3.8) is 0 Å². The number of nitrogens with one attached hydrogen (secondary N) is 1. The molecule has 1 aromatic heterocycles. The van der Waals surface area contributed by atoms with Crippen molar-refractivity contribution >= 4 is 0 Å². The zero-order valence-electron chi connectivity index (χ0n) is 12.7. The Labute approximate surface area is 112 Å². The van der Waals surface area contributed by atoms with E-state index >= 15 is 0 Å². The lowest BCUT2D eigenvalue weighted by molar-refractivity contribution is 0.327. The van der Waals surface area contributed by atoms with Crippen LogP contribution in [-0.4, -0.2) is 22.1 Å². The molecule has 0 aromatic carbocycles. The molecule has 1 aromatic rings. The fraction of sp³-hybridized carbons (Fsp3) is 0.800. The van der Waals surface area contributed by atoms with E-state index in [1.54, 1.807) is 0 Å². The molecule has 0 spiro atoms. The first-order valence-corrected chi connectivity index (χ1v) is 7.19. The molecule has 0 aliphatic rings. The lowest BCUT2D eigenvalue weighted by Crippen LogP contribution is -2.33. The van der Waals surface area contributed by atoms with Gasteiger partial charge in [-0.1, -0.05) is 27.7 Å². The second-order valence-electron chi connectivity index (χ2n) is 6.19. The predicted molar refractivity (Wildman–Crippen MR) is 77.8 cm³/mol. The molecule has 3 heteroatoms. The molecule has 0 aliphatic heterocycles. The molecule has 0 saturated carbocycles. The lowest BCUT2D eigenvalue weighted by atomic mass is 9.88. The van der Waals surface area contributed by atoms with Crippen LogP contribution in [0.2, 0.25) is 0 Å². The first kappa shape index (κ1) is 15.2. The molecule has 1 N–H and O–H groups in total. The number of hydrogen-bond donors (Lipinski definition) is 1.